The second kappa shape index (κ2) is 10.2. The van der Waals surface area contributed by atoms with E-state index < -0.39 is 35.4 Å². The van der Waals surface area contributed by atoms with Crippen molar-refractivity contribution in [2.75, 3.05) is 18.9 Å². The van der Waals surface area contributed by atoms with Crippen molar-refractivity contribution in [1.29, 1.82) is 0 Å². The molecular formula is C24H23ClF3N5O3. The fraction of sp³-hybridized carbons (Fsp3) is 0.333. The predicted octanol–water partition coefficient (Wildman–Crippen LogP) is 5.52. The highest BCUT2D eigenvalue weighted by molar-refractivity contribution is 6.31. The Hall–Kier alpha value is -3.60. The van der Waals surface area contributed by atoms with Gasteiger partial charge in [0.15, 0.2) is 17.3 Å². The van der Waals surface area contributed by atoms with Crippen molar-refractivity contribution >= 4 is 29.3 Å². The molecule has 8 nitrogen and oxygen atoms in total. The number of aromatic nitrogens is 3. The Morgan fingerprint density at radius 1 is 1.22 bits per heavy atom. The van der Waals surface area contributed by atoms with E-state index in [2.05, 4.69) is 20.5 Å². The maximum Gasteiger partial charge on any atom is 0.412 e. The summed E-state index contributed by atoms with van der Waals surface area (Å²) in [7, 11) is 1.51. The Morgan fingerprint density at radius 2 is 1.94 bits per heavy atom. The summed E-state index contributed by atoms with van der Waals surface area (Å²) in [6, 6.07) is 7.77. The van der Waals surface area contributed by atoms with Crippen molar-refractivity contribution in [2.24, 2.45) is 0 Å². The van der Waals surface area contributed by atoms with Crippen LogP contribution in [0.5, 0.6) is 0 Å². The molecule has 1 aliphatic rings. The van der Waals surface area contributed by atoms with Crippen LogP contribution in [0.2, 0.25) is 5.02 Å². The van der Waals surface area contributed by atoms with E-state index >= 15 is 4.39 Å². The number of hydrogen-bond donors (Lipinski definition) is 2. The van der Waals surface area contributed by atoms with Crippen LogP contribution in [0.25, 0.3) is 0 Å². The van der Waals surface area contributed by atoms with Crippen LogP contribution < -0.4 is 5.32 Å². The molecular weight excluding hydrogens is 499 g/mol. The molecule has 0 saturated heterocycles. The van der Waals surface area contributed by atoms with Gasteiger partial charge in [0.1, 0.15) is 11.9 Å². The largest absolute Gasteiger partial charge is 0.441 e. The molecule has 12 heteroatoms. The SMILES string of the molecule is CCC(F)(c1ccc(F)cc1)c1nc(C(=O)N(C)CCC[C@H]2OC(=O)Nc3ccc(Cl)c(F)c32)n[nH]1. The van der Waals surface area contributed by atoms with Crippen molar-refractivity contribution in [3.63, 3.8) is 0 Å². The van der Waals surface area contributed by atoms with Crippen LogP contribution in [0.3, 0.4) is 0 Å². The summed E-state index contributed by atoms with van der Waals surface area (Å²) < 4.78 is 48.8. The van der Waals surface area contributed by atoms with Crippen LogP contribution in [0.1, 0.15) is 59.9 Å². The fourth-order valence-electron chi connectivity index (χ4n) is 4.06. The smallest absolute Gasteiger partial charge is 0.412 e. The predicted molar refractivity (Wildman–Crippen MR) is 125 cm³/mol. The van der Waals surface area contributed by atoms with Crippen molar-refractivity contribution in [3.05, 3.63) is 75.8 Å². The molecule has 2 heterocycles. The number of H-pyrrole nitrogens is 1. The Bertz CT molecular complexity index is 1290. The van der Waals surface area contributed by atoms with Crippen molar-refractivity contribution < 1.29 is 27.5 Å². The quantitative estimate of drug-likeness (QED) is 0.407. The number of hydrogen-bond acceptors (Lipinski definition) is 5. The van der Waals surface area contributed by atoms with Gasteiger partial charge in [-0.2, -0.15) is 0 Å². The van der Waals surface area contributed by atoms with Crippen molar-refractivity contribution in [2.45, 2.75) is 38.0 Å². The average Bonchev–Trinajstić information content (AvgIpc) is 3.36. The maximum atomic E-state index is 15.7. The molecule has 0 bridgehead atoms. The number of nitrogens with one attached hydrogen (secondary N) is 2. The average molecular weight is 522 g/mol. The van der Waals surface area contributed by atoms with Gasteiger partial charge in [-0.15, -0.1) is 5.10 Å². The van der Waals surface area contributed by atoms with Gasteiger partial charge in [-0.25, -0.2) is 22.9 Å². The highest BCUT2D eigenvalue weighted by Gasteiger charge is 2.37. The Balaban J connectivity index is 1.42. The van der Waals surface area contributed by atoms with E-state index in [-0.39, 0.29) is 52.9 Å². The van der Waals surface area contributed by atoms with Crippen molar-refractivity contribution in [3.8, 4) is 0 Å². The summed E-state index contributed by atoms with van der Waals surface area (Å²) in [5.41, 5.74) is -1.48. The van der Waals surface area contributed by atoms with Crippen LogP contribution >= 0.6 is 11.6 Å². The number of nitrogens with zero attached hydrogens (tertiary/aromatic N) is 3. The molecule has 4 rings (SSSR count). The van der Waals surface area contributed by atoms with Gasteiger partial charge in [-0.05, 0) is 49.1 Å². The highest BCUT2D eigenvalue weighted by Crippen LogP contribution is 2.38. The van der Waals surface area contributed by atoms with E-state index in [0.29, 0.717) is 6.42 Å². The molecule has 3 aromatic rings. The number of fused-ring (bicyclic) bond motifs is 1. The first-order valence-corrected chi connectivity index (χ1v) is 11.6. The van der Waals surface area contributed by atoms with Crippen LogP contribution in [0.4, 0.5) is 23.7 Å². The number of ether oxygens (including phenoxy) is 1. The second-order valence-corrected chi connectivity index (χ2v) is 8.79. The van der Waals surface area contributed by atoms with Crippen LogP contribution in [0, 0.1) is 11.6 Å². The molecule has 0 radical (unpaired) electrons. The standard InChI is InChI=1S/C24H23ClF3N5O3/c1-3-24(28,13-6-8-14(26)9-7-13)22-30-20(31-32-22)21(34)33(2)12-4-5-17-18-16(29-23(35)36-17)11-10-15(25)19(18)27/h6-11,17H,3-5,12H2,1-2H3,(H,29,35)(H,30,31,32)/t17-,24?/m1/s1. The van der Waals surface area contributed by atoms with Gasteiger partial charge in [-0.3, -0.25) is 15.2 Å². The van der Waals surface area contributed by atoms with E-state index in [9.17, 15) is 18.4 Å². The van der Waals surface area contributed by atoms with Gasteiger partial charge in [0, 0.05) is 13.6 Å². The van der Waals surface area contributed by atoms with E-state index in [0.717, 1.165) is 12.1 Å². The first kappa shape index (κ1) is 25.5. The lowest BCUT2D eigenvalue weighted by atomic mass is 9.92. The van der Waals surface area contributed by atoms with Gasteiger partial charge in [0.05, 0.1) is 16.3 Å². The topological polar surface area (TPSA) is 100 Å². The number of carbonyl (C=O) groups is 2. The van der Waals surface area contributed by atoms with Crippen LogP contribution in [0.15, 0.2) is 36.4 Å². The van der Waals surface area contributed by atoms with Crippen LogP contribution in [-0.4, -0.2) is 45.7 Å². The van der Waals surface area contributed by atoms with Crippen molar-refractivity contribution in [1.82, 2.24) is 20.1 Å². The molecule has 2 N–H and O–H groups in total. The summed E-state index contributed by atoms with van der Waals surface area (Å²) in [6.45, 7) is 1.80. The molecule has 190 valence electrons. The fourth-order valence-corrected chi connectivity index (χ4v) is 4.23. The molecule has 1 aromatic heterocycles. The highest BCUT2D eigenvalue weighted by atomic mass is 35.5. The number of amides is 2. The Kier molecular flexibility index (Phi) is 7.21. The molecule has 1 aliphatic heterocycles. The third kappa shape index (κ3) is 4.88. The minimum Gasteiger partial charge on any atom is -0.441 e. The van der Waals surface area contributed by atoms with Gasteiger partial charge in [0.2, 0.25) is 5.82 Å². The molecule has 0 aliphatic carbocycles. The molecule has 0 spiro atoms. The van der Waals surface area contributed by atoms with E-state index in [1.54, 1.807) is 6.92 Å². The summed E-state index contributed by atoms with van der Waals surface area (Å²) in [6.07, 6.45) is -1.03. The molecule has 2 amide bonds. The normalized spacial score (nSPS) is 16.5. The minimum absolute atomic E-state index is 0.0195. The number of aromatic amines is 1. The summed E-state index contributed by atoms with van der Waals surface area (Å²) in [4.78, 5) is 30.0. The summed E-state index contributed by atoms with van der Waals surface area (Å²) >= 11 is 5.88. The monoisotopic (exact) mass is 521 g/mol. The van der Waals surface area contributed by atoms with Crippen LogP contribution in [-0.2, 0) is 10.4 Å². The number of carbonyl (C=O) groups excluding carboxylic acids is 2. The van der Waals surface area contributed by atoms with E-state index in [1.807, 2.05) is 0 Å². The number of alkyl halides is 1. The Labute approximate surface area is 209 Å². The summed E-state index contributed by atoms with van der Waals surface area (Å²) in [5, 5.41) is 8.70. The Morgan fingerprint density at radius 3 is 2.64 bits per heavy atom. The molecule has 2 atom stereocenters. The number of anilines is 1. The van der Waals surface area contributed by atoms with Gasteiger partial charge in [-0.1, -0.05) is 30.7 Å². The van der Waals surface area contributed by atoms with Gasteiger partial charge in [0.25, 0.3) is 5.91 Å². The molecule has 1 unspecified atom stereocenters. The first-order chi connectivity index (χ1) is 17.1. The molecule has 2 aromatic carbocycles. The number of halogens is 4. The molecule has 0 saturated carbocycles. The lowest BCUT2D eigenvalue weighted by Gasteiger charge is -2.27. The molecule has 0 fully saturated rings. The lowest BCUT2D eigenvalue weighted by molar-refractivity contribution is 0.0749. The number of cyclic esters (lactones) is 1. The summed E-state index contributed by atoms with van der Waals surface area (Å²) in [5.74, 6) is -2.14. The number of rotatable bonds is 8. The zero-order chi connectivity index (χ0) is 26.0. The van der Waals surface area contributed by atoms with Gasteiger partial charge < -0.3 is 9.64 Å². The first-order valence-electron chi connectivity index (χ1n) is 11.2. The zero-order valence-electron chi connectivity index (χ0n) is 19.4. The minimum atomic E-state index is -2.09. The third-order valence-corrected chi connectivity index (χ3v) is 6.38. The van der Waals surface area contributed by atoms with E-state index in [4.69, 9.17) is 16.3 Å². The second-order valence-electron chi connectivity index (χ2n) is 8.38. The third-order valence-electron chi connectivity index (χ3n) is 6.09. The maximum absolute atomic E-state index is 15.7. The molecule has 36 heavy (non-hydrogen) atoms. The lowest BCUT2D eigenvalue weighted by Crippen LogP contribution is -2.30. The number of benzene rings is 2. The zero-order valence-corrected chi connectivity index (χ0v) is 20.2. The van der Waals surface area contributed by atoms with Gasteiger partial charge >= 0.3 is 6.09 Å². The van der Waals surface area contributed by atoms with E-state index in [1.165, 1.54) is 36.2 Å².